The predicted octanol–water partition coefficient (Wildman–Crippen LogP) is 0.260. The lowest BCUT2D eigenvalue weighted by Gasteiger charge is -2.29. The summed E-state index contributed by atoms with van der Waals surface area (Å²) in [6, 6.07) is 6.86. The van der Waals surface area contributed by atoms with Crippen molar-refractivity contribution < 1.29 is 9.90 Å². The number of rotatable bonds is 3. The summed E-state index contributed by atoms with van der Waals surface area (Å²) in [5, 5.41) is 12.4. The van der Waals surface area contributed by atoms with Crippen LogP contribution in [0, 0.1) is 0 Å². The number of benzene rings is 1. The van der Waals surface area contributed by atoms with E-state index in [-0.39, 0.29) is 11.7 Å². The van der Waals surface area contributed by atoms with Gasteiger partial charge < -0.3 is 20.2 Å². The van der Waals surface area contributed by atoms with E-state index in [4.69, 9.17) is 0 Å². The summed E-state index contributed by atoms with van der Waals surface area (Å²) in [4.78, 5) is 15.8. The van der Waals surface area contributed by atoms with Crippen LogP contribution in [-0.4, -0.2) is 55.7 Å². The number of aromatic hydroxyl groups is 1. The highest BCUT2D eigenvalue weighted by molar-refractivity contribution is 5.81. The summed E-state index contributed by atoms with van der Waals surface area (Å²) in [5.74, 6) is 0.382. The van der Waals surface area contributed by atoms with Crippen molar-refractivity contribution >= 4 is 11.6 Å². The van der Waals surface area contributed by atoms with Gasteiger partial charge in [-0.15, -0.1) is 0 Å². The fourth-order valence-corrected chi connectivity index (χ4v) is 2.02. The van der Waals surface area contributed by atoms with E-state index in [1.165, 1.54) is 0 Å². The molecule has 0 unspecified atom stereocenters. The summed E-state index contributed by atoms with van der Waals surface area (Å²) in [6.45, 7) is 3.67. The fourth-order valence-electron chi connectivity index (χ4n) is 2.02. The first-order valence-electron chi connectivity index (χ1n) is 6.15. The molecular formula is C13H19N3O2. The minimum atomic E-state index is 0.145. The van der Waals surface area contributed by atoms with E-state index in [0.29, 0.717) is 6.54 Å². The molecule has 1 aliphatic heterocycles. The van der Waals surface area contributed by atoms with Gasteiger partial charge in [-0.1, -0.05) is 0 Å². The number of phenols is 1. The molecule has 0 bridgehead atoms. The molecule has 1 fully saturated rings. The van der Waals surface area contributed by atoms with E-state index in [1.54, 1.807) is 24.3 Å². The zero-order chi connectivity index (χ0) is 13.0. The van der Waals surface area contributed by atoms with Gasteiger partial charge >= 0.3 is 0 Å². The maximum atomic E-state index is 12.1. The van der Waals surface area contributed by atoms with Crippen LogP contribution in [0.2, 0.25) is 0 Å². The second-order valence-electron chi connectivity index (χ2n) is 4.50. The van der Waals surface area contributed by atoms with Crippen LogP contribution in [0.3, 0.4) is 0 Å². The van der Waals surface area contributed by atoms with Gasteiger partial charge in [0.1, 0.15) is 5.75 Å². The minimum Gasteiger partial charge on any atom is -0.508 e. The third kappa shape index (κ3) is 3.13. The molecule has 0 aliphatic carbocycles. The Morgan fingerprint density at radius 3 is 2.56 bits per heavy atom. The van der Waals surface area contributed by atoms with Gasteiger partial charge in [-0.3, -0.25) is 4.79 Å². The highest BCUT2D eigenvalue weighted by Gasteiger charge is 2.17. The molecule has 1 aromatic carbocycles. The molecule has 2 rings (SSSR count). The number of anilines is 1. The molecule has 2 N–H and O–H groups in total. The number of hydrogen-bond acceptors (Lipinski definition) is 4. The van der Waals surface area contributed by atoms with Gasteiger partial charge in [0, 0.05) is 38.9 Å². The van der Waals surface area contributed by atoms with Crippen molar-refractivity contribution in [3.05, 3.63) is 24.3 Å². The van der Waals surface area contributed by atoms with E-state index >= 15 is 0 Å². The van der Waals surface area contributed by atoms with Crippen molar-refractivity contribution in [2.24, 2.45) is 0 Å². The van der Waals surface area contributed by atoms with Gasteiger partial charge in [-0.05, 0) is 24.3 Å². The van der Waals surface area contributed by atoms with E-state index in [1.807, 2.05) is 16.8 Å². The SMILES string of the molecule is CN(CC(=O)N1CCNCC1)c1ccc(O)cc1. The van der Waals surface area contributed by atoms with Crippen LogP contribution in [0.1, 0.15) is 0 Å². The zero-order valence-corrected chi connectivity index (χ0v) is 10.6. The van der Waals surface area contributed by atoms with Crippen LogP contribution < -0.4 is 10.2 Å². The Labute approximate surface area is 107 Å². The average molecular weight is 249 g/mol. The summed E-state index contributed by atoms with van der Waals surface area (Å²) in [6.07, 6.45) is 0. The van der Waals surface area contributed by atoms with Gasteiger partial charge in [-0.25, -0.2) is 0 Å². The van der Waals surface area contributed by atoms with Crippen molar-refractivity contribution in [1.29, 1.82) is 0 Å². The average Bonchev–Trinajstić information content (AvgIpc) is 2.40. The molecule has 1 saturated heterocycles. The monoisotopic (exact) mass is 249 g/mol. The van der Waals surface area contributed by atoms with Crippen molar-refractivity contribution in [1.82, 2.24) is 10.2 Å². The van der Waals surface area contributed by atoms with E-state index in [9.17, 15) is 9.90 Å². The first-order valence-corrected chi connectivity index (χ1v) is 6.15. The van der Waals surface area contributed by atoms with Crippen LogP contribution in [0.4, 0.5) is 5.69 Å². The highest BCUT2D eigenvalue weighted by atomic mass is 16.3. The summed E-state index contributed by atoms with van der Waals surface area (Å²) in [5.41, 5.74) is 0.927. The lowest BCUT2D eigenvalue weighted by Crippen LogP contribution is -2.49. The third-order valence-electron chi connectivity index (χ3n) is 3.13. The Bertz CT molecular complexity index is 399. The third-order valence-corrected chi connectivity index (χ3v) is 3.13. The molecule has 0 spiro atoms. The molecule has 5 heteroatoms. The van der Waals surface area contributed by atoms with Gasteiger partial charge in [0.25, 0.3) is 0 Å². The number of phenolic OH excluding ortho intramolecular Hbond substituents is 1. The Hall–Kier alpha value is -1.75. The Morgan fingerprint density at radius 2 is 1.94 bits per heavy atom. The zero-order valence-electron chi connectivity index (χ0n) is 10.6. The van der Waals surface area contributed by atoms with Gasteiger partial charge in [-0.2, -0.15) is 0 Å². The molecule has 0 saturated carbocycles. The molecule has 0 radical (unpaired) electrons. The number of carbonyl (C=O) groups excluding carboxylic acids is 1. The highest BCUT2D eigenvalue weighted by Crippen LogP contribution is 2.17. The number of piperazine rings is 1. The molecule has 0 atom stereocenters. The van der Waals surface area contributed by atoms with E-state index in [2.05, 4.69) is 5.32 Å². The van der Waals surface area contributed by atoms with E-state index in [0.717, 1.165) is 31.9 Å². The van der Waals surface area contributed by atoms with Gasteiger partial charge in [0.2, 0.25) is 5.91 Å². The molecule has 98 valence electrons. The quantitative estimate of drug-likeness (QED) is 0.807. The molecular weight excluding hydrogens is 230 g/mol. The number of hydrogen-bond donors (Lipinski definition) is 2. The molecule has 5 nitrogen and oxygen atoms in total. The second kappa shape index (κ2) is 5.73. The molecule has 1 heterocycles. The van der Waals surface area contributed by atoms with Gasteiger partial charge in [0.05, 0.1) is 6.54 Å². The van der Waals surface area contributed by atoms with Crippen LogP contribution in [0.5, 0.6) is 5.75 Å². The largest absolute Gasteiger partial charge is 0.508 e. The lowest BCUT2D eigenvalue weighted by molar-refractivity contribution is -0.130. The topological polar surface area (TPSA) is 55.8 Å². The van der Waals surface area contributed by atoms with E-state index < -0.39 is 0 Å². The first kappa shape index (κ1) is 12.7. The summed E-state index contributed by atoms with van der Waals surface area (Å²) in [7, 11) is 1.88. The van der Waals surface area contributed by atoms with Crippen molar-refractivity contribution in [2.45, 2.75) is 0 Å². The molecule has 0 aromatic heterocycles. The predicted molar refractivity (Wildman–Crippen MR) is 70.8 cm³/mol. The molecule has 1 aromatic rings. The maximum Gasteiger partial charge on any atom is 0.242 e. The first-order chi connectivity index (χ1) is 8.66. The molecule has 1 amide bonds. The molecule has 18 heavy (non-hydrogen) atoms. The Morgan fingerprint density at radius 1 is 1.33 bits per heavy atom. The van der Waals surface area contributed by atoms with Crippen LogP contribution >= 0.6 is 0 Å². The van der Waals surface area contributed by atoms with Gasteiger partial charge in [0.15, 0.2) is 0 Å². The van der Waals surface area contributed by atoms with Crippen LogP contribution in [0.25, 0.3) is 0 Å². The minimum absolute atomic E-state index is 0.145. The Balaban J connectivity index is 1.91. The standard InChI is InChI=1S/C13H19N3O2/c1-15(11-2-4-12(17)5-3-11)10-13(18)16-8-6-14-7-9-16/h2-5,14,17H,6-10H2,1H3. The maximum absolute atomic E-state index is 12.1. The summed E-state index contributed by atoms with van der Waals surface area (Å²) < 4.78 is 0. The number of likely N-dealkylation sites (N-methyl/N-ethyl adjacent to an activating group) is 1. The van der Waals surface area contributed by atoms with Crippen LogP contribution in [0.15, 0.2) is 24.3 Å². The number of carbonyl (C=O) groups is 1. The number of amides is 1. The summed E-state index contributed by atoms with van der Waals surface area (Å²) >= 11 is 0. The van der Waals surface area contributed by atoms with Crippen LogP contribution in [-0.2, 0) is 4.79 Å². The fraction of sp³-hybridized carbons (Fsp3) is 0.462. The smallest absolute Gasteiger partial charge is 0.242 e. The Kier molecular flexibility index (Phi) is 4.04. The number of nitrogens with one attached hydrogen (secondary N) is 1. The van der Waals surface area contributed by atoms with Crippen molar-refractivity contribution in [3.8, 4) is 5.75 Å². The second-order valence-corrected chi connectivity index (χ2v) is 4.50. The number of nitrogens with zero attached hydrogens (tertiary/aromatic N) is 2. The lowest BCUT2D eigenvalue weighted by atomic mass is 10.2. The normalized spacial score (nSPS) is 15.5. The van der Waals surface area contributed by atoms with Crippen molar-refractivity contribution in [2.75, 3.05) is 44.7 Å². The van der Waals surface area contributed by atoms with Crippen molar-refractivity contribution in [3.63, 3.8) is 0 Å². The molecule has 1 aliphatic rings.